The third-order valence-electron chi connectivity index (χ3n) is 12.2. The van der Waals surface area contributed by atoms with E-state index in [0.29, 0.717) is 36.2 Å². The highest BCUT2D eigenvalue weighted by molar-refractivity contribution is 5.89. The Morgan fingerprint density at radius 3 is 2.03 bits per heavy atom. The molecule has 6 aromatic rings. The van der Waals surface area contributed by atoms with Gasteiger partial charge in [-0.25, -0.2) is 19.6 Å². The Hall–Kier alpha value is -6.97. The molecule has 0 bridgehead atoms. The molecule has 0 aliphatic carbocycles. The molecule has 64 heavy (non-hydrogen) atoms. The van der Waals surface area contributed by atoms with Gasteiger partial charge in [0, 0.05) is 41.4 Å². The van der Waals surface area contributed by atoms with Crippen LogP contribution in [0.15, 0.2) is 79.0 Å². The third-order valence-corrected chi connectivity index (χ3v) is 12.2. The van der Waals surface area contributed by atoms with Crippen LogP contribution < -0.4 is 15.4 Å². The van der Waals surface area contributed by atoms with Crippen LogP contribution in [0.25, 0.3) is 44.5 Å². The number of aromatic amines is 2. The number of aromatic nitrogens is 5. The topological polar surface area (TPSA) is 197 Å². The number of carbonyl (C=O) groups excluding carboxylic acids is 4. The number of hydrogen-bond acceptors (Lipinski definition) is 10. The summed E-state index contributed by atoms with van der Waals surface area (Å²) in [5.74, 6) is 1.00. The zero-order valence-electron chi connectivity index (χ0n) is 37.0. The van der Waals surface area contributed by atoms with Crippen molar-refractivity contribution >= 4 is 45.9 Å². The maximum Gasteiger partial charge on any atom is 0.407 e. The van der Waals surface area contributed by atoms with Crippen molar-refractivity contribution in [3.05, 3.63) is 96.1 Å². The highest BCUT2D eigenvalue weighted by Gasteiger charge is 2.39. The Balaban J connectivity index is 1.07. The van der Waals surface area contributed by atoms with Crippen molar-refractivity contribution in [2.75, 3.05) is 27.3 Å². The van der Waals surface area contributed by atoms with Gasteiger partial charge in [0.1, 0.15) is 24.5 Å². The second-order valence-electron chi connectivity index (χ2n) is 17.2. The SMILES string of the molecule is COC(=O)N[C@H](C(=O)N1CCC[C@H]1c1cc2cc(-c3ncc(-c4ccc5nc([C@@H]6CCCN6C(=O)[C@@H](NC(=O)OC)C(C)C)[nH]c5c4)c(OCc4ccccc4)n3)ccc2[nH]1)C(C)C. The number of rotatable bonds is 13. The van der Waals surface area contributed by atoms with Gasteiger partial charge in [0.2, 0.25) is 17.7 Å². The molecule has 334 valence electrons. The maximum atomic E-state index is 13.8. The van der Waals surface area contributed by atoms with E-state index in [0.717, 1.165) is 70.0 Å². The number of H-pyrrole nitrogens is 2. The van der Waals surface area contributed by atoms with Crippen LogP contribution in [-0.2, 0) is 25.7 Å². The van der Waals surface area contributed by atoms with E-state index in [1.165, 1.54) is 14.2 Å². The number of nitrogens with one attached hydrogen (secondary N) is 4. The number of carbonyl (C=O) groups is 4. The quantitative estimate of drug-likeness (QED) is 0.0888. The van der Waals surface area contributed by atoms with Crippen molar-refractivity contribution in [1.29, 1.82) is 0 Å². The molecular weight excluding hydrogens is 815 g/mol. The summed E-state index contributed by atoms with van der Waals surface area (Å²) in [6, 6.07) is 22.0. The van der Waals surface area contributed by atoms with E-state index >= 15 is 0 Å². The zero-order valence-corrected chi connectivity index (χ0v) is 37.0. The highest BCUT2D eigenvalue weighted by Crippen LogP contribution is 2.38. The molecule has 4 N–H and O–H groups in total. The molecule has 0 unspecified atom stereocenters. The average Bonchev–Trinajstić information content (AvgIpc) is 4.14. The molecule has 4 atom stereocenters. The lowest BCUT2D eigenvalue weighted by Gasteiger charge is -2.30. The van der Waals surface area contributed by atoms with E-state index in [9.17, 15) is 19.2 Å². The van der Waals surface area contributed by atoms with E-state index in [4.69, 9.17) is 29.2 Å². The normalized spacial score (nSPS) is 17.2. The van der Waals surface area contributed by atoms with E-state index in [2.05, 4.69) is 26.7 Å². The van der Waals surface area contributed by atoms with Crippen molar-refractivity contribution in [3.63, 3.8) is 0 Å². The standard InChI is InChI=1S/C48H55N9O7/c1-27(2)40(53-47(60)62-5)45(58)56-20-10-14-38(56)37-24-32-22-31(17-18-34(32)50-37)42-49-25-33(44(55-42)64-26-29-12-8-7-9-13-29)30-16-19-35-36(23-30)52-43(51-35)39-15-11-21-57(39)46(59)41(28(3)4)54-48(61)63-6/h7-9,12-13,16-19,22-25,27-28,38-41,50H,10-11,14-15,20-21,26H2,1-6H3,(H,51,52)(H,53,60)(H,54,61)/t38-,39-,40-,41-/m0/s1. The minimum absolute atomic E-state index is 0.123. The Bertz CT molecular complexity index is 2660. The van der Waals surface area contributed by atoms with Gasteiger partial charge in [-0.15, -0.1) is 0 Å². The predicted molar refractivity (Wildman–Crippen MR) is 241 cm³/mol. The van der Waals surface area contributed by atoms with E-state index < -0.39 is 24.3 Å². The largest absolute Gasteiger partial charge is 0.472 e. The van der Waals surface area contributed by atoms with Gasteiger partial charge in [-0.3, -0.25) is 9.59 Å². The molecule has 2 aliphatic heterocycles. The number of fused-ring (bicyclic) bond motifs is 2. The molecule has 0 spiro atoms. The van der Waals surface area contributed by atoms with Crippen LogP contribution in [0, 0.1) is 11.8 Å². The molecule has 2 fully saturated rings. The summed E-state index contributed by atoms with van der Waals surface area (Å²) in [6.45, 7) is 9.03. The summed E-state index contributed by atoms with van der Waals surface area (Å²) in [7, 11) is 2.58. The molecule has 3 aromatic carbocycles. The number of hydrogen-bond donors (Lipinski definition) is 4. The predicted octanol–water partition coefficient (Wildman–Crippen LogP) is 7.84. The van der Waals surface area contributed by atoms with Crippen molar-refractivity contribution in [1.82, 2.24) is 45.4 Å². The van der Waals surface area contributed by atoms with E-state index in [1.54, 1.807) is 11.1 Å². The number of methoxy groups -OCH3 is 2. The number of ether oxygens (including phenoxy) is 3. The van der Waals surface area contributed by atoms with Gasteiger partial charge in [0.05, 0.1) is 42.9 Å². The summed E-state index contributed by atoms with van der Waals surface area (Å²) < 4.78 is 16.1. The molecule has 4 amide bonds. The number of likely N-dealkylation sites (tertiary alicyclic amines) is 2. The van der Waals surface area contributed by atoms with Crippen LogP contribution in [0.4, 0.5) is 9.59 Å². The highest BCUT2D eigenvalue weighted by atomic mass is 16.5. The van der Waals surface area contributed by atoms with Crippen LogP contribution in [0.1, 0.15) is 82.5 Å². The van der Waals surface area contributed by atoms with Gasteiger partial charge >= 0.3 is 12.2 Å². The molecule has 0 saturated carbocycles. The van der Waals surface area contributed by atoms with Crippen molar-refractivity contribution in [3.8, 4) is 28.4 Å². The molecular formula is C48H55N9O7. The summed E-state index contributed by atoms with van der Waals surface area (Å²) >= 11 is 0. The van der Waals surface area contributed by atoms with Crippen LogP contribution >= 0.6 is 0 Å². The fourth-order valence-corrected chi connectivity index (χ4v) is 8.79. The van der Waals surface area contributed by atoms with Crippen LogP contribution in [0.5, 0.6) is 5.88 Å². The monoisotopic (exact) mass is 869 g/mol. The second kappa shape index (κ2) is 18.8. The molecule has 2 aliphatic rings. The molecule has 5 heterocycles. The Labute approximate surface area is 371 Å². The van der Waals surface area contributed by atoms with Gasteiger partial charge in [0.25, 0.3) is 0 Å². The van der Waals surface area contributed by atoms with E-state index in [1.807, 2.05) is 99.3 Å². The first-order valence-corrected chi connectivity index (χ1v) is 21.9. The van der Waals surface area contributed by atoms with Crippen molar-refractivity contribution in [2.24, 2.45) is 11.8 Å². The minimum atomic E-state index is -0.731. The first-order chi connectivity index (χ1) is 30.9. The summed E-state index contributed by atoms with van der Waals surface area (Å²) in [5.41, 5.74) is 6.66. The Morgan fingerprint density at radius 2 is 1.38 bits per heavy atom. The zero-order chi connectivity index (χ0) is 45.1. The Morgan fingerprint density at radius 1 is 0.734 bits per heavy atom. The molecule has 2 saturated heterocycles. The second-order valence-corrected chi connectivity index (χ2v) is 17.2. The number of nitrogens with zero attached hydrogens (tertiary/aromatic N) is 5. The molecule has 3 aromatic heterocycles. The molecule has 0 radical (unpaired) electrons. The smallest absolute Gasteiger partial charge is 0.407 e. The Kier molecular flexibility index (Phi) is 12.8. The summed E-state index contributed by atoms with van der Waals surface area (Å²) in [5, 5.41) is 6.38. The summed E-state index contributed by atoms with van der Waals surface area (Å²) in [6.07, 6.45) is 3.68. The maximum absolute atomic E-state index is 13.8. The van der Waals surface area contributed by atoms with E-state index in [-0.39, 0.29) is 42.3 Å². The number of benzene rings is 3. The third kappa shape index (κ3) is 9.08. The van der Waals surface area contributed by atoms with Gasteiger partial charge in [-0.2, -0.15) is 4.98 Å². The minimum Gasteiger partial charge on any atom is -0.472 e. The average molecular weight is 870 g/mol. The first kappa shape index (κ1) is 43.7. The summed E-state index contributed by atoms with van der Waals surface area (Å²) in [4.78, 5) is 77.3. The van der Waals surface area contributed by atoms with Crippen LogP contribution in [-0.4, -0.2) is 98.1 Å². The molecule has 16 heteroatoms. The van der Waals surface area contributed by atoms with Crippen molar-refractivity contribution in [2.45, 2.75) is 84.2 Å². The lowest BCUT2D eigenvalue weighted by atomic mass is 10.0. The van der Waals surface area contributed by atoms with Crippen LogP contribution in [0.3, 0.4) is 0 Å². The lowest BCUT2D eigenvalue weighted by molar-refractivity contribution is -0.136. The number of amides is 4. The first-order valence-electron chi connectivity index (χ1n) is 21.9. The molecule has 16 nitrogen and oxygen atoms in total. The van der Waals surface area contributed by atoms with Gasteiger partial charge in [0.15, 0.2) is 5.82 Å². The lowest BCUT2D eigenvalue weighted by Crippen LogP contribution is -2.51. The fraction of sp³-hybridized carbons (Fsp3) is 0.396. The number of alkyl carbamates (subject to hydrolysis) is 2. The number of imidazole rings is 1. The van der Waals surface area contributed by atoms with Gasteiger partial charge < -0.3 is 44.6 Å². The van der Waals surface area contributed by atoms with Crippen LogP contribution in [0.2, 0.25) is 0 Å². The van der Waals surface area contributed by atoms with Gasteiger partial charge in [-0.1, -0.05) is 64.1 Å². The van der Waals surface area contributed by atoms with Gasteiger partial charge in [-0.05, 0) is 85.0 Å². The fourth-order valence-electron chi connectivity index (χ4n) is 8.79. The van der Waals surface area contributed by atoms with Crippen molar-refractivity contribution < 1.29 is 33.4 Å². The molecule has 8 rings (SSSR count).